The van der Waals surface area contributed by atoms with Gasteiger partial charge in [-0.2, -0.15) is 5.26 Å². The third-order valence-corrected chi connectivity index (χ3v) is 4.44. The Morgan fingerprint density at radius 2 is 2.05 bits per heavy atom. The lowest BCUT2D eigenvalue weighted by Crippen LogP contribution is -2.35. The summed E-state index contributed by atoms with van der Waals surface area (Å²) in [6, 6.07) is 10.6. The molecule has 1 fully saturated rings. The van der Waals surface area contributed by atoms with Gasteiger partial charge in [-0.3, -0.25) is 0 Å². The summed E-state index contributed by atoms with van der Waals surface area (Å²) in [4.78, 5) is 0. The summed E-state index contributed by atoms with van der Waals surface area (Å²) >= 11 is 0. The highest BCUT2D eigenvalue weighted by Crippen LogP contribution is 2.29. The van der Waals surface area contributed by atoms with E-state index >= 15 is 0 Å². The van der Waals surface area contributed by atoms with Crippen LogP contribution in [0.5, 0.6) is 5.75 Å². The van der Waals surface area contributed by atoms with E-state index in [1.165, 1.54) is 19.3 Å². The van der Waals surface area contributed by atoms with Crippen LogP contribution >= 0.6 is 0 Å². The third-order valence-electron chi connectivity index (χ3n) is 4.44. The first-order chi connectivity index (χ1) is 9.70. The van der Waals surface area contributed by atoms with E-state index in [9.17, 15) is 0 Å². The van der Waals surface area contributed by atoms with E-state index in [1.807, 2.05) is 24.3 Å². The molecule has 108 valence electrons. The first kappa shape index (κ1) is 14.9. The minimum atomic E-state index is 0.106. The van der Waals surface area contributed by atoms with Crippen molar-refractivity contribution in [2.24, 2.45) is 11.8 Å². The largest absolute Gasteiger partial charge is 0.478 e. The topological polar surface area (TPSA) is 45.0 Å². The van der Waals surface area contributed by atoms with Gasteiger partial charge in [0.25, 0.3) is 0 Å². The van der Waals surface area contributed by atoms with E-state index in [0.29, 0.717) is 6.04 Å². The van der Waals surface area contributed by atoms with Crippen LogP contribution in [0.4, 0.5) is 0 Å². The molecule has 1 aliphatic rings. The van der Waals surface area contributed by atoms with Crippen LogP contribution in [0.2, 0.25) is 0 Å². The molecule has 0 aliphatic heterocycles. The van der Waals surface area contributed by atoms with Crippen molar-refractivity contribution in [1.29, 1.82) is 5.26 Å². The zero-order valence-electron chi connectivity index (χ0n) is 12.4. The SMILES string of the molecule is CC1CCC(NCc2ccccc2OCC#N)CC1C. The van der Waals surface area contributed by atoms with E-state index < -0.39 is 0 Å². The second kappa shape index (κ2) is 7.31. The zero-order valence-corrected chi connectivity index (χ0v) is 12.4. The molecule has 0 spiro atoms. The molecule has 1 aromatic rings. The Morgan fingerprint density at radius 1 is 1.25 bits per heavy atom. The molecule has 1 saturated carbocycles. The van der Waals surface area contributed by atoms with Gasteiger partial charge in [0.15, 0.2) is 6.61 Å². The molecule has 0 radical (unpaired) electrons. The Kier molecular flexibility index (Phi) is 5.43. The Hall–Kier alpha value is -1.53. The maximum absolute atomic E-state index is 8.62. The molecule has 3 heteroatoms. The molecule has 0 aromatic heterocycles. The number of rotatable bonds is 5. The van der Waals surface area contributed by atoms with Crippen LogP contribution in [0.25, 0.3) is 0 Å². The van der Waals surface area contributed by atoms with Crippen LogP contribution in [-0.4, -0.2) is 12.6 Å². The minimum absolute atomic E-state index is 0.106. The Bertz CT molecular complexity index is 466. The van der Waals surface area contributed by atoms with Crippen molar-refractivity contribution in [3.63, 3.8) is 0 Å². The van der Waals surface area contributed by atoms with Gasteiger partial charge in [-0.05, 0) is 37.2 Å². The van der Waals surface area contributed by atoms with Gasteiger partial charge in [-0.25, -0.2) is 0 Å². The standard InChI is InChI=1S/C17H24N2O/c1-13-7-8-16(11-14(13)2)19-12-15-5-3-4-6-17(15)20-10-9-18/h3-6,13-14,16,19H,7-8,10-12H2,1-2H3. The zero-order chi connectivity index (χ0) is 14.4. The van der Waals surface area contributed by atoms with Crippen LogP contribution in [0, 0.1) is 23.2 Å². The second-order valence-electron chi connectivity index (χ2n) is 5.90. The average molecular weight is 272 g/mol. The number of benzene rings is 1. The highest BCUT2D eigenvalue weighted by Gasteiger charge is 2.24. The van der Waals surface area contributed by atoms with Crippen molar-refractivity contribution in [2.45, 2.75) is 45.7 Å². The van der Waals surface area contributed by atoms with Gasteiger partial charge in [0.05, 0.1) is 0 Å². The highest BCUT2D eigenvalue weighted by molar-refractivity contribution is 5.33. The van der Waals surface area contributed by atoms with Gasteiger partial charge in [0.1, 0.15) is 11.8 Å². The smallest absolute Gasteiger partial charge is 0.174 e. The second-order valence-corrected chi connectivity index (χ2v) is 5.90. The Labute approximate surface area is 121 Å². The van der Waals surface area contributed by atoms with Crippen LogP contribution in [0.15, 0.2) is 24.3 Å². The lowest BCUT2D eigenvalue weighted by atomic mass is 9.79. The fourth-order valence-electron chi connectivity index (χ4n) is 2.89. The lowest BCUT2D eigenvalue weighted by molar-refractivity contribution is 0.225. The quantitative estimate of drug-likeness (QED) is 0.892. The molecule has 0 heterocycles. The van der Waals surface area contributed by atoms with E-state index in [0.717, 1.165) is 29.7 Å². The summed E-state index contributed by atoms with van der Waals surface area (Å²) in [5.41, 5.74) is 1.13. The van der Waals surface area contributed by atoms with Crippen molar-refractivity contribution in [2.75, 3.05) is 6.61 Å². The van der Waals surface area contributed by atoms with Crippen molar-refractivity contribution in [3.8, 4) is 11.8 Å². The number of nitrogens with zero attached hydrogens (tertiary/aromatic N) is 1. The first-order valence-corrected chi connectivity index (χ1v) is 7.51. The number of hydrogen-bond donors (Lipinski definition) is 1. The van der Waals surface area contributed by atoms with Crippen molar-refractivity contribution in [3.05, 3.63) is 29.8 Å². The van der Waals surface area contributed by atoms with Crippen LogP contribution in [0.1, 0.15) is 38.7 Å². The van der Waals surface area contributed by atoms with Crippen molar-refractivity contribution >= 4 is 0 Å². The number of ether oxygens (including phenoxy) is 1. The fraction of sp³-hybridized carbons (Fsp3) is 0.588. The molecule has 0 amide bonds. The summed E-state index contributed by atoms with van der Waals surface area (Å²) in [5, 5.41) is 12.3. The molecule has 3 atom stereocenters. The average Bonchev–Trinajstić information content (AvgIpc) is 2.47. The number of nitriles is 1. The summed E-state index contributed by atoms with van der Waals surface area (Å²) in [6.45, 7) is 5.62. The fourth-order valence-corrected chi connectivity index (χ4v) is 2.89. The first-order valence-electron chi connectivity index (χ1n) is 7.51. The molecule has 3 unspecified atom stereocenters. The molecular formula is C17H24N2O. The molecule has 20 heavy (non-hydrogen) atoms. The molecular weight excluding hydrogens is 248 g/mol. The summed E-state index contributed by atoms with van der Waals surface area (Å²) in [6.07, 6.45) is 3.82. The van der Waals surface area contributed by atoms with Gasteiger partial charge in [-0.15, -0.1) is 0 Å². The van der Waals surface area contributed by atoms with Crippen LogP contribution in [-0.2, 0) is 6.54 Å². The van der Waals surface area contributed by atoms with E-state index in [4.69, 9.17) is 10.00 Å². The maximum Gasteiger partial charge on any atom is 0.174 e. The van der Waals surface area contributed by atoms with Gasteiger partial charge < -0.3 is 10.1 Å². The predicted octanol–water partition coefficient (Wildman–Crippen LogP) is 3.50. The predicted molar refractivity (Wildman–Crippen MR) is 80.4 cm³/mol. The minimum Gasteiger partial charge on any atom is -0.478 e. The van der Waals surface area contributed by atoms with Crippen LogP contribution < -0.4 is 10.1 Å². The van der Waals surface area contributed by atoms with E-state index in [1.54, 1.807) is 0 Å². The van der Waals surface area contributed by atoms with Crippen molar-refractivity contribution < 1.29 is 4.74 Å². The summed E-state index contributed by atoms with van der Waals surface area (Å²) in [5.74, 6) is 2.46. The van der Waals surface area contributed by atoms with E-state index in [-0.39, 0.29) is 6.61 Å². The molecule has 0 bridgehead atoms. The molecule has 1 aromatic carbocycles. The maximum atomic E-state index is 8.62. The monoisotopic (exact) mass is 272 g/mol. The van der Waals surface area contributed by atoms with Gasteiger partial charge in [-0.1, -0.05) is 32.0 Å². The van der Waals surface area contributed by atoms with Gasteiger partial charge >= 0.3 is 0 Å². The lowest BCUT2D eigenvalue weighted by Gasteiger charge is -2.32. The Morgan fingerprint density at radius 3 is 2.80 bits per heavy atom. The summed E-state index contributed by atoms with van der Waals surface area (Å²) in [7, 11) is 0. The Balaban J connectivity index is 1.89. The molecule has 3 nitrogen and oxygen atoms in total. The molecule has 1 aliphatic carbocycles. The van der Waals surface area contributed by atoms with Crippen LogP contribution in [0.3, 0.4) is 0 Å². The molecule has 0 saturated heterocycles. The highest BCUT2D eigenvalue weighted by atomic mass is 16.5. The number of nitrogens with one attached hydrogen (secondary N) is 1. The van der Waals surface area contributed by atoms with Crippen molar-refractivity contribution in [1.82, 2.24) is 5.32 Å². The van der Waals surface area contributed by atoms with Gasteiger partial charge in [0, 0.05) is 18.2 Å². The molecule has 2 rings (SSSR count). The number of para-hydroxylation sites is 1. The molecule has 1 N–H and O–H groups in total. The van der Waals surface area contributed by atoms with Gasteiger partial charge in [0.2, 0.25) is 0 Å². The third kappa shape index (κ3) is 3.98. The summed E-state index contributed by atoms with van der Waals surface area (Å²) < 4.78 is 5.46. The van der Waals surface area contributed by atoms with E-state index in [2.05, 4.69) is 25.2 Å². The number of hydrogen-bond acceptors (Lipinski definition) is 3. The normalized spacial score (nSPS) is 25.9.